The van der Waals surface area contributed by atoms with Crippen molar-refractivity contribution < 1.29 is 19.1 Å². The van der Waals surface area contributed by atoms with E-state index in [9.17, 15) is 14.4 Å². The van der Waals surface area contributed by atoms with E-state index in [1.54, 1.807) is 36.1 Å². The Morgan fingerprint density at radius 1 is 1.19 bits per heavy atom. The molecule has 140 valence electrons. The number of carbonyl (C=O) groups is 3. The van der Waals surface area contributed by atoms with Crippen molar-refractivity contribution in [1.29, 1.82) is 0 Å². The van der Waals surface area contributed by atoms with Crippen molar-refractivity contribution in [3.05, 3.63) is 28.7 Å². The summed E-state index contributed by atoms with van der Waals surface area (Å²) < 4.78 is 5.88. The molecule has 4 amide bonds. The number of piperazine rings is 1. The molecule has 26 heavy (non-hydrogen) atoms. The number of carbonyl (C=O) groups excluding carboxylic acids is 3. The summed E-state index contributed by atoms with van der Waals surface area (Å²) in [7, 11) is 0. The van der Waals surface area contributed by atoms with E-state index in [0.29, 0.717) is 38.5 Å². The monoisotopic (exact) mass is 424 g/mol. The molecule has 1 atom stereocenters. The number of anilines is 1. The summed E-state index contributed by atoms with van der Waals surface area (Å²) >= 11 is 3.34. The molecule has 3 rings (SSSR count). The van der Waals surface area contributed by atoms with Gasteiger partial charge in [0.05, 0.1) is 24.9 Å². The maximum Gasteiger partial charge on any atom is 0.409 e. The molecule has 0 bridgehead atoms. The number of nitrogens with one attached hydrogen (secondary N) is 1. The van der Waals surface area contributed by atoms with E-state index in [-0.39, 0.29) is 24.6 Å². The third kappa shape index (κ3) is 3.99. The lowest BCUT2D eigenvalue weighted by Gasteiger charge is -2.41. The Labute approximate surface area is 160 Å². The van der Waals surface area contributed by atoms with E-state index in [1.807, 2.05) is 4.90 Å². The number of rotatable bonds is 3. The molecule has 0 aromatic heterocycles. The molecule has 2 aliphatic rings. The third-order valence-corrected chi connectivity index (χ3v) is 5.01. The molecular weight excluding hydrogens is 404 g/mol. The molecule has 1 unspecified atom stereocenters. The minimum Gasteiger partial charge on any atom is -0.450 e. The summed E-state index contributed by atoms with van der Waals surface area (Å²) in [6.45, 7) is 4.29. The van der Waals surface area contributed by atoms with E-state index in [0.717, 1.165) is 9.37 Å². The molecule has 0 radical (unpaired) electrons. The highest BCUT2D eigenvalue weighted by Gasteiger charge is 2.37. The summed E-state index contributed by atoms with van der Waals surface area (Å²) in [4.78, 5) is 41.6. The van der Waals surface area contributed by atoms with Crippen LogP contribution in [0.2, 0.25) is 0 Å². The number of ether oxygens (including phenoxy) is 1. The van der Waals surface area contributed by atoms with E-state index in [2.05, 4.69) is 21.2 Å². The van der Waals surface area contributed by atoms with Gasteiger partial charge >= 0.3 is 12.1 Å². The summed E-state index contributed by atoms with van der Waals surface area (Å²) in [5.41, 5.74) is 0.543. The van der Waals surface area contributed by atoms with Crippen LogP contribution in [0.25, 0.3) is 0 Å². The summed E-state index contributed by atoms with van der Waals surface area (Å²) in [5, 5.41) is 2.89. The van der Waals surface area contributed by atoms with E-state index >= 15 is 0 Å². The van der Waals surface area contributed by atoms with Gasteiger partial charge in [-0.3, -0.25) is 9.69 Å². The van der Waals surface area contributed by atoms with Crippen molar-refractivity contribution in [2.24, 2.45) is 0 Å². The highest BCUT2D eigenvalue weighted by Crippen LogP contribution is 2.23. The highest BCUT2D eigenvalue weighted by molar-refractivity contribution is 9.10. The van der Waals surface area contributed by atoms with Crippen LogP contribution in [-0.2, 0) is 9.53 Å². The van der Waals surface area contributed by atoms with Crippen molar-refractivity contribution in [2.75, 3.05) is 37.7 Å². The fraction of sp³-hybridized carbons (Fsp3) is 0.471. The lowest BCUT2D eigenvalue weighted by Crippen LogP contribution is -2.63. The third-order valence-electron chi connectivity index (χ3n) is 4.48. The average molecular weight is 425 g/mol. The molecule has 0 aliphatic carbocycles. The van der Waals surface area contributed by atoms with Crippen LogP contribution in [-0.4, -0.2) is 66.8 Å². The van der Waals surface area contributed by atoms with Crippen LogP contribution >= 0.6 is 15.9 Å². The summed E-state index contributed by atoms with van der Waals surface area (Å²) in [6, 6.07) is 6.59. The zero-order chi connectivity index (χ0) is 18.7. The first-order valence-corrected chi connectivity index (χ1v) is 9.33. The number of benzene rings is 1. The Kier molecular flexibility index (Phi) is 5.77. The number of amides is 4. The van der Waals surface area contributed by atoms with Crippen LogP contribution in [0.4, 0.5) is 15.3 Å². The fourth-order valence-electron chi connectivity index (χ4n) is 3.13. The van der Waals surface area contributed by atoms with Gasteiger partial charge in [-0.1, -0.05) is 15.9 Å². The van der Waals surface area contributed by atoms with Gasteiger partial charge in [0, 0.05) is 30.7 Å². The Morgan fingerprint density at radius 2 is 1.85 bits per heavy atom. The molecule has 8 nitrogen and oxygen atoms in total. The first-order chi connectivity index (χ1) is 12.5. The highest BCUT2D eigenvalue weighted by atomic mass is 79.9. The van der Waals surface area contributed by atoms with Crippen LogP contribution in [0.15, 0.2) is 28.7 Å². The molecule has 9 heteroatoms. The number of imide groups is 1. The van der Waals surface area contributed by atoms with Gasteiger partial charge in [0.15, 0.2) is 0 Å². The van der Waals surface area contributed by atoms with E-state index in [1.165, 1.54) is 0 Å². The molecule has 2 fully saturated rings. The minimum absolute atomic E-state index is 0.196. The van der Waals surface area contributed by atoms with Crippen molar-refractivity contribution in [1.82, 2.24) is 15.1 Å². The van der Waals surface area contributed by atoms with Gasteiger partial charge < -0.3 is 15.0 Å². The quantitative estimate of drug-likeness (QED) is 0.801. The zero-order valence-electron chi connectivity index (χ0n) is 14.5. The summed E-state index contributed by atoms with van der Waals surface area (Å²) in [6.07, 6.45) is -0.482. The van der Waals surface area contributed by atoms with Gasteiger partial charge in [-0.25, -0.2) is 14.5 Å². The molecule has 0 saturated carbocycles. The van der Waals surface area contributed by atoms with Crippen molar-refractivity contribution in [3.63, 3.8) is 0 Å². The molecule has 2 heterocycles. The second-order valence-corrected chi connectivity index (χ2v) is 7.01. The second-order valence-electron chi connectivity index (χ2n) is 6.10. The Bertz CT molecular complexity index is 671. The fourth-order valence-corrected chi connectivity index (χ4v) is 3.40. The normalized spacial score (nSPS) is 21.5. The topological polar surface area (TPSA) is 82.2 Å². The number of hydrogen-bond acceptors (Lipinski definition) is 5. The van der Waals surface area contributed by atoms with Crippen molar-refractivity contribution >= 4 is 39.6 Å². The maximum absolute atomic E-state index is 12.5. The van der Waals surface area contributed by atoms with Gasteiger partial charge in [-0.05, 0) is 31.2 Å². The number of halogens is 1. The zero-order valence-corrected chi connectivity index (χ0v) is 16.1. The SMILES string of the molecule is CCOC(=O)N1CCN(C2CC(=O)N(c3ccc(Br)cc3)C(=O)N2)CC1. The van der Waals surface area contributed by atoms with Crippen LogP contribution in [0.1, 0.15) is 13.3 Å². The number of urea groups is 1. The number of hydrogen-bond donors (Lipinski definition) is 1. The molecule has 1 aromatic carbocycles. The first-order valence-electron chi connectivity index (χ1n) is 8.54. The largest absolute Gasteiger partial charge is 0.450 e. The van der Waals surface area contributed by atoms with Crippen LogP contribution < -0.4 is 10.2 Å². The molecule has 2 aliphatic heterocycles. The minimum atomic E-state index is -0.429. The molecule has 2 saturated heterocycles. The number of nitrogens with zero attached hydrogens (tertiary/aromatic N) is 3. The predicted molar refractivity (Wildman–Crippen MR) is 98.7 cm³/mol. The first kappa shape index (κ1) is 18.7. The van der Waals surface area contributed by atoms with Crippen LogP contribution in [0, 0.1) is 0 Å². The summed E-state index contributed by atoms with van der Waals surface area (Å²) in [5.74, 6) is -0.242. The Hall–Kier alpha value is -2.13. The van der Waals surface area contributed by atoms with Gasteiger partial charge in [0.25, 0.3) is 0 Å². The van der Waals surface area contributed by atoms with Crippen molar-refractivity contribution in [2.45, 2.75) is 19.5 Å². The molecule has 1 aromatic rings. The van der Waals surface area contributed by atoms with E-state index in [4.69, 9.17) is 4.74 Å². The lowest BCUT2D eigenvalue weighted by molar-refractivity contribution is -0.120. The van der Waals surface area contributed by atoms with Crippen LogP contribution in [0.3, 0.4) is 0 Å². The Morgan fingerprint density at radius 3 is 2.42 bits per heavy atom. The van der Waals surface area contributed by atoms with Crippen LogP contribution in [0.5, 0.6) is 0 Å². The Balaban J connectivity index is 1.60. The standard InChI is InChI=1S/C17H21BrN4O4/c1-2-26-17(25)21-9-7-20(8-10-21)14-11-15(23)22(16(24)19-14)13-5-3-12(18)4-6-13/h3-6,14H,2,7-11H2,1H3,(H,19,24). The smallest absolute Gasteiger partial charge is 0.409 e. The van der Waals surface area contributed by atoms with Gasteiger partial charge in [0.2, 0.25) is 5.91 Å². The average Bonchev–Trinajstić information content (AvgIpc) is 2.63. The van der Waals surface area contributed by atoms with Gasteiger partial charge in [-0.15, -0.1) is 0 Å². The molecule has 0 spiro atoms. The predicted octanol–water partition coefficient (Wildman–Crippen LogP) is 2.00. The maximum atomic E-state index is 12.5. The van der Waals surface area contributed by atoms with Gasteiger partial charge in [-0.2, -0.15) is 0 Å². The van der Waals surface area contributed by atoms with Gasteiger partial charge in [0.1, 0.15) is 0 Å². The molecule has 1 N–H and O–H groups in total. The second kappa shape index (κ2) is 8.05. The van der Waals surface area contributed by atoms with Crippen molar-refractivity contribution in [3.8, 4) is 0 Å². The molecular formula is C17H21BrN4O4. The van der Waals surface area contributed by atoms with E-state index < -0.39 is 6.03 Å². The lowest BCUT2D eigenvalue weighted by atomic mass is 10.1.